The Bertz CT molecular complexity index is 976. The van der Waals surface area contributed by atoms with E-state index < -0.39 is 5.97 Å². The fourth-order valence-electron chi connectivity index (χ4n) is 3.90. The molecular weight excluding hydrogens is 328 g/mol. The third kappa shape index (κ3) is 2.96. The number of carboxylic acid groups (broad SMARTS) is 1. The molecule has 5 heteroatoms. The van der Waals surface area contributed by atoms with Crippen LogP contribution in [-0.4, -0.2) is 27.6 Å². The van der Waals surface area contributed by atoms with Crippen molar-refractivity contribution in [1.82, 2.24) is 9.88 Å². The van der Waals surface area contributed by atoms with E-state index in [1.807, 2.05) is 59.2 Å². The van der Waals surface area contributed by atoms with Gasteiger partial charge in [-0.3, -0.25) is 9.59 Å². The number of hydrogen-bond acceptors (Lipinski definition) is 2. The van der Waals surface area contributed by atoms with Gasteiger partial charge in [-0.25, -0.2) is 0 Å². The molecular formula is C21H20N2O3. The van der Waals surface area contributed by atoms with Gasteiger partial charge in [-0.05, 0) is 43.0 Å². The highest BCUT2D eigenvalue weighted by atomic mass is 16.4. The Morgan fingerprint density at radius 1 is 1.08 bits per heavy atom. The molecule has 0 saturated carbocycles. The summed E-state index contributed by atoms with van der Waals surface area (Å²) in [4.78, 5) is 23.7. The van der Waals surface area contributed by atoms with E-state index in [2.05, 4.69) is 5.32 Å². The minimum absolute atomic E-state index is 0.0309. The molecule has 1 heterocycles. The molecule has 2 aromatic carbocycles. The van der Waals surface area contributed by atoms with E-state index >= 15 is 0 Å². The Morgan fingerprint density at radius 2 is 1.81 bits per heavy atom. The zero-order chi connectivity index (χ0) is 18.1. The van der Waals surface area contributed by atoms with Crippen LogP contribution in [0.5, 0.6) is 0 Å². The summed E-state index contributed by atoms with van der Waals surface area (Å²) in [6.07, 6.45) is 2.29. The molecule has 5 nitrogen and oxygen atoms in total. The number of fused-ring (bicyclic) bond motifs is 3. The van der Waals surface area contributed by atoms with Crippen LogP contribution < -0.4 is 5.32 Å². The average Bonchev–Trinajstić information content (AvgIpc) is 2.96. The normalized spacial score (nSPS) is 16.2. The van der Waals surface area contributed by atoms with Crippen LogP contribution in [0.25, 0.3) is 10.9 Å². The molecule has 4 rings (SSSR count). The molecule has 0 saturated heterocycles. The van der Waals surface area contributed by atoms with Crippen molar-refractivity contribution in [3.05, 3.63) is 71.4 Å². The molecule has 0 radical (unpaired) electrons. The maximum atomic E-state index is 12.4. The van der Waals surface area contributed by atoms with Crippen molar-refractivity contribution < 1.29 is 14.7 Å². The van der Waals surface area contributed by atoms with Crippen molar-refractivity contribution >= 4 is 22.8 Å². The van der Waals surface area contributed by atoms with Gasteiger partial charge in [-0.1, -0.05) is 36.4 Å². The molecule has 132 valence electrons. The number of aromatic nitrogens is 1. The highest BCUT2D eigenvalue weighted by Gasteiger charge is 2.27. The van der Waals surface area contributed by atoms with E-state index in [-0.39, 0.29) is 18.5 Å². The SMILES string of the molecule is O=C(O)Cn1c2c(c3ccccc31)C[C@H](NC(=O)c1ccccc1)CC2. The number of para-hydroxylation sites is 1. The number of aliphatic carboxylic acids is 1. The van der Waals surface area contributed by atoms with Crippen molar-refractivity contribution in [2.45, 2.75) is 31.8 Å². The number of carbonyl (C=O) groups is 2. The second-order valence-corrected chi connectivity index (χ2v) is 6.70. The second-order valence-electron chi connectivity index (χ2n) is 6.70. The van der Waals surface area contributed by atoms with Gasteiger partial charge >= 0.3 is 5.97 Å². The van der Waals surface area contributed by atoms with Crippen LogP contribution in [0.4, 0.5) is 0 Å². The third-order valence-corrected chi connectivity index (χ3v) is 5.04. The molecule has 0 spiro atoms. The average molecular weight is 348 g/mol. The summed E-state index contributed by atoms with van der Waals surface area (Å²) in [5, 5.41) is 13.5. The zero-order valence-electron chi connectivity index (χ0n) is 14.3. The number of rotatable bonds is 4. The van der Waals surface area contributed by atoms with Gasteiger partial charge in [-0.15, -0.1) is 0 Å². The van der Waals surface area contributed by atoms with Gasteiger partial charge in [0.15, 0.2) is 0 Å². The Hall–Kier alpha value is -3.08. The maximum Gasteiger partial charge on any atom is 0.323 e. The van der Waals surface area contributed by atoms with Gasteiger partial charge in [0.25, 0.3) is 5.91 Å². The minimum atomic E-state index is -0.840. The molecule has 0 bridgehead atoms. The molecule has 1 aliphatic rings. The lowest BCUT2D eigenvalue weighted by molar-refractivity contribution is -0.137. The van der Waals surface area contributed by atoms with Crippen LogP contribution in [0.1, 0.15) is 28.0 Å². The summed E-state index contributed by atoms with van der Waals surface area (Å²) in [7, 11) is 0. The van der Waals surface area contributed by atoms with Gasteiger partial charge < -0.3 is 15.0 Å². The molecule has 0 aliphatic heterocycles. The lowest BCUT2D eigenvalue weighted by atomic mass is 9.91. The second kappa shape index (κ2) is 6.67. The predicted molar refractivity (Wildman–Crippen MR) is 99.3 cm³/mol. The molecule has 1 aromatic heterocycles. The fraction of sp³-hybridized carbons (Fsp3) is 0.238. The predicted octanol–water partition coefficient (Wildman–Crippen LogP) is 3.01. The van der Waals surface area contributed by atoms with Crippen molar-refractivity contribution in [2.75, 3.05) is 0 Å². The molecule has 0 fully saturated rings. The van der Waals surface area contributed by atoms with Crippen LogP contribution in [0.3, 0.4) is 0 Å². The van der Waals surface area contributed by atoms with Gasteiger partial charge in [0.2, 0.25) is 0 Å². The van der Waals surface area contributed by atoms with Crippen molar-refractivity contribution in [1.29, 1.82) is 0 Å². The molecule has 1 amide bonds. The number of hydrogen-bond donors (Lipinski definition) is 2. The van der Waals surface area contributed by atoms with Gasteiger partial charge in [-0.2, -0.15) is 0 Å². The van der Waals surface area contributed by atoms with Crippen LogP contribution in [-0.2, 0) is 24.2 Å². The first kappa shape index (κ1) is 16.4. The number of carboxylic acids is 1. The number of carbonyl (C=O) groups excluding carboxylic acids is 1. The summed E-state index contributed by atoms with van der Waals surface area (Å²) in [6, 6.07) is 17.2. The first-order valence-electron chi connectivity index (χ1n) is 8.80. The Kier molecular flexibility index (Phi) is 4.21. The maximum absolute atomic E-state index is 12.4. The molecule has 0 unspecified atom stereocenters. The summed E-state index contributed by atoms with van der Waals surface area (Å²) in [5.41, 5.74) is 3.85. The van der Waals surface area contributed by atoms with Crippen LogP contribution in [0.2, 0.25) is 0 Å². The topological polar surface area (TPSA) is 71.3 Å². The number of nitrogens with zero attached hydrogens (tertiary/aromatic N) is 1. The quantitative estimate of drug-likeness (QED) is 0.761. The third-order valence-electron chi connectivity index (χ3n) is 5.04. The lowest BCUT2D eigenvalue weighted by Crippen LogP contribution is -2.39. The highest BCUT2D eigenvalue weighted by Crippen LogP contribution is 2.32. The van der Waals surface area contributed by atoms with E-state index in [1.54, 1.807) is 0 Å². The standard InChI is InChI=1S/C21H20N2O3/c24-20(25)13-23-18-9-5-4-8-16(18)17-12-15(10-11-19(17)23)22-21(26)14-6-2-1-3-7-14/h1-9,15H,10-13H2,(H,22,26)(H,24,25)/t15-/m1/s1. The summed E-state index contributed by atoms with van der Waals surface area (Å²) in [5.74, 6) is -0.901. The van der Waals surface area contributed by atoms with Crippen molar-refractivity contribution in [3.8, 4) is 0 Å². The van der Waals surface area contributed by atoms with Crippen molar-refractivity contribution in [2.24, 2.45) is 0 Å². The smallest absolute Gasteiger partial charge is 0.323 e. The van der Waals surface area contributed by atoms with Crippen LogP contribution in [0, 0.1) is 0 Å². The fourth-order valence-corrected chi connectivity index (χ4v) is 3.90. The highest BCUT2D eigenvalue weighted by molar-refractivity contribution is 5.94. The first-order chi connectivity index (χ1) is 12.6. The van der Waals surface area contributed by atoms with E-state index in [0.717, 1.165) is 41.4 Å². The Morgan fingerprint density at radius 3 is 2.58 bits per heavy atom. The zero-order valence-corrected chi connectivity index (χ0v) is 14.3. The largest absolute Gasteiger partial charge is 0.480 e. The molecule has 2 N–H and O–H groups in total. The summed E-state index contributed by atoms with van der Waals surface area (Å²) < 4.78 is 1.90. The number of benzene rings is 2. The molecule has 1 atom stereocenters. The molecule has 3 aromatic rings. The minimum Gasteiger partial charge on any atom is -0.480 e. The lowest BCUT2D eigenvalue weighted by Gasteiger charge is -2.25. The monoisotopic (exact) mass is 348 g/mol. The van der Waals surface area contributed by atoms with Crippen molar-refractivity contribution in [3.63, 3.8) is 0 Å². The Labute approximate surface area is 151 Å². The summed E-state index contributed by atoms with van der Waals surface area (Å²) in [6.45, 7) is -0.0309. The van der Waals surface area contributed by atoms with E-state index in [4.69, 9.17) is 0 Å². The van der Waals surface area contributed by atoms with E-state index in [0.29, 0.717) is 5.56 Å². The number of nitrogens with one attached hydrogen (secondary N) is 1. The summed E-state index contributed by atoms with van der Waals surface area (Å²) >= 11 is 0. The van der Waals surface area contributed by atoms with E-state index in [9.17, 15) is 14.7 Å². The number of amides is 1. The van der Waals surface area contributed by atoms with E-state index in [1.165, 1.54) is 0 Å². The van der Waals surface area contributed by atoms with Gasteiger partial charge in [0, 0.05) is 28.2 Å². The van der Waals surface area contributed by atoms with Crippen LogP contribution >= 0.6 is 0 Å². The molecule has 26 heavy (non-hydrogen) atoms. The molecule has 1 aliphatic carbocycles. The van der Waals surface area contributed by atoms with Gasteiger partial charge in [0.1, 0.15) is 6.54 Å². The van der Waals surface area contributed by atoms with Gasteiger partial charge in [0.05, 0.1) is 0 Å². The first-order valence-corrected chi connectivity index (χ1v) is 8.80. The van der Waals surface area contributed by atoms with Crippen LogP contribution in [0.15, 0.2) is 54.6 Å². The Balaban J connectivity index is 1.63.